The topological polar surface area (TPSA) is 18.5 Å². The normalized spacial score (nSPS) is 29.5. The summed E-state index contributed by atoms with van der Waals surface area (Å²) < 4.78 is 0. The van der Waals surface area contributed by atoms with E-state index in [9.17, 15) is 0 Å². The van der Waals surface area contributed by atoms with Gasteiger partial charge in [0.15, 0.2) is 0 Å². The number of nitrogens with zero attached hydrogens (tertiary/aromatic N) is 2. The van der Waals surface area contributed by atoms with Gasteiger partial charge in [-0.25, -0.2) is 0 Å². The molecule has 3 aliphatic rings. The van der Waals surface area contributed by atoms with Crippen LogP contribution in [0, 0.1) is 5.92 Å². The van der Waals surface area contributed by atoms with Crippen molar-refractivity contribution in [3.63, 3.8) is 0 Å². The second-order valence-electron chi connectivity index (χ2n) is 8.85. The van der Waals surface area contributed by atoms with Gasteiger partial charge in [0, 0.05) is 31.4 Å². The molecular weight excluding hydrogens is 318 g/mol. The molecule has 0 radical (unpaired) electrons. The quantitative estimate of drug-likeness (QED) is 0.805. The van der Waals surface area contributed by atoms with E-state index in [2.05, 4.69) is 46.4 Å². The van der Waals surface area contributed by atoms with Crippen LogP contribution < -0.4 is 10.2 Å². The van der Waals surface area contributed by atoms with Crippen LogP contribution in [0.5, 0.6) is 0 Å². The third-order valence-corrected chi connectivity index (χ3v) is 7.07. The summed E-state index contributed by atoms with van der Waals surface area (Å²) in [6.07, 6.45) is 12.5. The van der Waals surface area contributed by atoms with Crippen LogP contribution in [0.1, 0.15) is 69.4 Å². The first kappa shape index (κ1) is 18.3. The van der Waals surface area contributed by atoms with Crippen LogP contribution in [0.25, 0.3) is 0 Å². The summed E-state index contributed by atoms with van der Waals surface area (Å²) in [7, 11) is 2.25. The van der Waals surface area contributed by atoms with Gasteiger partial charge in [-0.1, -0.05) is 18.6 Å². The van der Waals surface area contributed by atoms with Crippen molar-refractivity contribution in [2.75, 3.05) is 38.1 Å². The first-order valence-electron chi connectivity index (χ1n) is 11.1. The Morgan fingerprint density at radius 1 is 1.04 bits per heavy atom. The van der Waals surface area contributed by atoms with Crippen molar-refractivity contribution < 1.29 is 0 Å². The molecule has 0 bridgehead atoms. The van der Waals surface area contributed by atoms with Gasteiger partial charge in [0.25, 0.3) is 0 Å². The lowest BCUT2D eigenvalue weighted by molar-refractivity contribution is 0.150. The lowest BCUT2D eigenvalue weighted by atomic mass is 9.94. The molecule has 0 amide bonds. The fraction of sp³-hybridized carbons (Fsp3) is 0.739. The number of fused-ring (bicyclic) bond motifs is 1. The molecular formula is C23H37N3. The van der Waals surface area contributed by atoms with Crippen molar-refractivity contribution in [2.24, 2.45) is 5.92 Å². The van der Waals surface area contributed by atoms with Crippen molar-refractivity contribution in [3.8, 4) is 0 Å². The smallest absolute Gasteiger partial charge is 0.0363 e. The summed E-state index contributed by atoms with van der Waals surface area (Å²) in [5, 5.41) is 3.54. The Kier molecular flexibility index (Phi) is 6.16. The molecule has 1 aromatic rings. The summed E-state index contributed by atoms with van der Waals surface area (Å²) in [4.78, 5) is 5.23. The number of hydrogen-bond acceptors (Lipinski definition) is 3. The molecule has 1 unspecified atom stereocenters. The summed E-state index contributed by atoms with van der Waals surface area (Å²) in [6, 6.07) is 11.1. The Bertz CT molecular complexity index is 549. The Morgan fingerprint density at radius 2 is 1.92 bits per heavy atom. The number of nitrogens with one attached hydrogen (secondary N) is 1. The highest BCUT2D eigenvalue weighted by atomic mass is 15.2. The van der Waals surface area contributed by atoms with Crippen LogP contribution in [0.2, 0.25) is 0 Å². The van der Waals surface area contributed by atoms with Crippen molar-refractivity contribution in [1.82, 2.24) is 10.2 Å². The average Bonchev–Trinajstić information content (AvgIpc) is 3.13. The second-order valence-corrected chi connectivity index (χ2v) is 8.85. The van der Waals surface area contributed by atoms with E-state index in [0.717, 1.165) is 12.0 Å². The average molecular weight is 356 g/mol. The van der Waals surface area contributed by atoms with Crippen LogP contribution >= 0.6 is 0 Å². The van der Waals surface area contributed by atoms with Gasteiger partial charge in [-0.3, -0.25) is 4.90 Å². The van der Waals surface area contributed by atoms with E-state index in [1.807, 2.05) is 0 Å². The van der Waals surface area contributed by atoms with E-state index in [4.69, 9.17) is 0 Å². The molecule has 4 rings (SSSR count). The predicted octanol–water partition coefficient (Wildman–Crippen LogP) is 4.59. The van der Waals surface area contributed by atoms with Gasteiger partial charge < -0.3 is 10.2 Å². The molecule has 26 heavy (non-hydrogen) atoms. The van der Waals surface area contributed by atoms with Crippen LogP contribution in [-0.2, 0) is 0 Å². The number of rotatable bonds is 6. The van der Waals surface area contributed by atoms with Crippen LogP contribution in [0.4, 0.5) is 5.69 Å². The molecule has 0 aromatic heterocycles. The number of benzene rings is 1. The van der Waals surface area contributed by atoms with Gasteiger partial charge in [-0.15, -0.1) is 0 Å². The van der Waals surface area contributed by atoms with Crippen LogP contribution in [0.3, 0.4) is 0 Å². The fourth-order valence-electron chi connectivity index (χ4n) is 5.49. The molecule has 3 saturated heterocycles. The van der Waals surface area contributed by atoms with E-state index < -0.39 is 0 Å². The number of piperidine rings is 2. The molecule has 3 heterocycles. The second kappa shape index (κ2) is 8.75. The molecule has 1 aromatic carbocycles. The van der Waals surface area contributed by atoms with Crippen LogP contribution in [0.15, 0.2) is 24.3 Å². The highest BCUT2D eigenvalue weighted by Gasteiger charge is 2.35. The summed E-state index contributed by atoms with van der Waals surface area (Å²) in [5.41, 5.74) is 2.92. The molecule has 3 aliphatic heterocycles. The third-order valence-electron chi connectivity index (χ3n) is 7.07. The Labute approximate surface area is 160 Å². The van der Waals surface area contributed by atoms with E-state index >= 15 is 0 Å². The van der Waals surface area contributed by atoms with Gasteiger partial charge in [0.2, 0.25) is 0 Å². The maximum absolute atomic E-state index is 3.54. The lowest BCUT2D eigenvalue weighted by Crippen LogP contribution is -2.35. The molecule has 3 atom stereocenters. The summed E-state index contributed by atoms with van der Waals surface area (Å²) in [6.45, 7) is 4.94. The monoisotopic (exact) mass is 355 g/mol. The fourth-order valence-corrected chi connectivity index (χ4v) is 5.49. The van der Waals surface area contributed by atoms with Gasteiger partial charge in [0.1, 0.15) is 0 Å². The van der Waals surface area contributed by atoms with Crippen molar-refractivity contribution in [2.45, 2.75) is 69.9 Å². The Hall–Kier alpha value is -1.06. The molecule has 3 fully saturated rings. The number of hydrogen-bond donors (Lipinski definition) is 1. The molecule has 0 aliphatic carbocycles. The van der Waals surface area contributed by atoms with Gasteiger partial charge in [-0.2, -0.15) is 0 Å². The maximum atomic E-state index is 3.54. The van der Waals surface area contributed by atoms with E-state index in [1.165, 1.54) is 89.7 Å². The van der Waals surface area contributed by atoms with E-state index in [-0.39, 0.29) is 0 Å². The molecule has 0 saturated carbocycles. The SMILES string of the molecule is CN(CCCC1CCCNC1)c1ccc([C@@H]2CC[C@H]3CCCCN32)cc1. The zero-order valence-electron chi connectivity index (χ0n) is 16.6. The van der Waals surface area contributed by atoms with Gasteiger partial charge >= 0.3 is 0 Å². The predicted molar refractivity (Wildman–Crippen MR) is 111 cm³/mol. The van der Waals surface area contributed by atoms with E-state index in [1.54, 1.807) is 5.56 Å². The zero-order chi connectivity index (χ0) is 17.8. The van der Waals surface area contributed by atoms with Crippen molar-refractivity contribution >= 4 is 5.69 Å². The Morgan fingerprint density at radius 3 is 2.73 bits per heavy atom. The summed E-state index contributed by atoms with van der Waals surface area (Å²) in [5.74, 6) is 0.902. The van der Waals surface area contributed by atoms with Gasteiger partial charge in [0.05, 0.1) is 0 Å². The highest BCUT2D eigenvalue weighted by Crippen LogP contribution is 2.40. The first-order valence-corrected chi connectivity index (χ1v) is 11.1. The maximum Gasteiger partial charge on any atom is 0.0363 e. The molecule has 144 valence electrons. The molecule has 3 heteroatoms. The van der Waals surface area contributed by atoms with Crippen molar-refractivity contribution in [1.29, 1.82) is 0 Å². The third kappa shape index (κ3) is 4.26. The minimum absolute atomic E-state index is 0.679. The summed E-state index contributed by atoms with van der Waals surface area (Å²) >= 11 is 0. The zero-order valence-corrected chi connectivity index (χ0v) is 16.6. The van der Waals surface area contributed by atoms with Crippen molar-refractivity contribution in [3.05, 3.63) is 29.8 Å². The minimum atomic E-state index is 0.679. The van der Waals surface area contributed by atoms with E-state index in [0.29, 0.717) is 6.04 Å². The highest BCUT2D eigenvalue weighted by molar-refractivity contribution is 5.47. The van der Waals surface area contributed by atoms with Crippen LogP contribution in [-0.4, -0.2) is 44.2 Å². The Balaban J connectivity index is 1.28. The molecule has 0 spiro atoms. The molecule has 3 nitrogen and oxygen atoms in total. The first-order chi connectivity index (χ1) is 12.8. The van der Waals surface area contributed by atoms with Gasteiger partial charge in [-0.05, 0) is 94.6 Å². The minimum Gasteiger partial charge on any atom is -0.375 e. The number of anilines is 1. The lowest BCUT2D eigenvalue weighted by Gasteiger charge is -2.34. The molecule has 1 N–H and O–H groups in total. The standard InChI is InChI=1S/C23H37N3/c1-25(16-5-7-19-6-4-15-24-18-19)21-11-9-20(10-12-21)23-14-13-22-8-2-3-17-26(22)23/h9-12,19,22-24H,2-8,13-18H2,1H3/t19?,22-,23+/m1/s1. The largest absolute Gasteiger partial charge is 0.375 e.